The highest BCUT2D eigenvalue weighted by Crippen LogP contribution is 2.32. The molecule has 0 aliphatic heterocycles. The number of hydrogen-bond acceptors (Lipinski definition) is 2. The second-order valence-corrected chi connectivity index (χ2v) is 7.28. The summed E-state index contributed by atoms with van der Waals surface area (Å²) >= 11 is 3.40. The van der Waals surface area contributed by atoms with Crippen molar-refractivity contribution < 1.29 is 18.0 Å². The van der Waals surface area contributed by atoms with Crippen LogP contribution in [-0.4, -0.2) is 22.7 Å². The van der Waals surface area contributed by atoms with E-state index in [1.165, 1.54) is 17.0 Å². The van der Waals surface area contributed by atoms with Crippen LogP contribution >= 0.6 is 15.9 Å². The van der Waals surface area contributed by atoms with E-state index < -0.39 is 17.6 Å². The van der Waals surface area contributed by atoms with Crippen molar-refractivity contribution in [3.63, 3.8) is 0 Å². The van der Waals surface area contributed by atoms with Gasteiger partial charge in [-0.05, 0) is 43.3 Å². The Bertz CT molecular complexity index is 1010. The van der Waals surface area contributed by atoms with Gasteiger partial charge in [0.1, 0.15) is 0 Å². The van der Waals surface area contributed by atoms with Crippen molar-refractivity contribution in [2.24, 2.45) is 7.05 Å². The Labute approximate surface area is 168 Å². The molecule has 0 bridgehead atoms. The summed E-state index contributed by atoms with van der Waals surface area (Å²) in [6.07, 6.45) is -4.44. The minimum absolute atomic E-state index is 0.158. The summed E-state index contributed by atoms with van der Waals surface area (Å²) in [5.74, 6) is 0.0163. The molecule has 0 aliphatic rings. The molecule has 0 aliphatic carbocycles. The van der Waals surface area contributed by atoms with Crippen LogP contribution in [0, 0.1) is 6.92 Å². The highest BCUT2D eigenvalue weighted by molar-refractivity contribution is 9.10. The van der Waals surface area contributed by atoms with Crippen molar-refractivity contribution >= 4 is 27.7 Å². The molecule has 0 saturated heterocycles. The smallest absolute Gasteiger partial charge is 0.294 e. The number of aromatic nitrogens is 2. The molecule has 0 saturated carbocycles. The average Bonchev–Trinajstić information content (AvgIpc) is 2.95. The molecule has 0 radical (unpaired) electrons. The van der Waals surface area contributed by atoms with Crippen molar-refractivity contribution in [1.29, 1.82) is 0 Å². The molecule has 0 spiro atoms. The van der Waals surface area contributed by atoms with Gasteiger partial charge < -0.3 is 0 Å². The van der Waals surface area contributed by atoms with Crippen LogP contribution in [0.1, 0.15) is 21.5 Å². The predicted octanol–water partition coefficient (Wildman–Crippen LogP) is 5.45. The van der Waals surface area contributed by atoms with E-state index in [0.29, 0.717) is 5.82 Å². The first-order chi connectivity index (χ1) is 13.1. The fourth-order valence-electron chi connectivity index (χ4n) is 3.04. The van der Waals surface area contributed by atoms with E-state index in [-0.39, 0.29) is 5.56 Å². The summed E-state index contributed by atoms with van der Waals surface area (Å²) in [7, 11) is 3.34. The predicted molar refractivity (Wildman–Crippen MR) is 105 cm³/mol. The van der Waals surface area contributed by atoms with E-state index >= 15 is 0 Å². The minimum atomic E-state index is -4.44. The molecule has 0 unspecified atom stereocenters. The number of rotatable bonds is 3. The quantitative estimate of drug-likeness (QED) is 0.530. The molecule has 8 heteroatoms. The number of carbonyl (C=O) groups is 1. The normalized spacial score (nSPS) is 11.5. The molecule has 1 heterocycles. The third kappa shape index (κ3) is 3.82. The Kier molecular flexibility index (Phi) is 5.34. The van der Waals surface area contributed by atoms with Crippen LogP contribution in [0.5, 0.6) is 0 Å². The summed E-state index contributed by atoms with van der Waals surface area (Å²) in [4.78, 5) is 14.1. The molecule has 2 aromatic carbocycles. The number of amides is 1. The Hall–Kier alpha value is -2.61. The Morgan fingerprint density at radius 3 is 2.18 bits per heavy atom. The van der Waals surface area contributed by atoms with Gasteiger partial charge in [0, 0.05) is 35.3 Å². The van der Waals surface area contributed by atoms with Crippen LogP contribution in [0.4, 0.5) is 19.0 Å². The van der Waals surface area contributed by atoms with Gasteiger partial charge in [-0.25, -0.2) is 0 Å². The lowest BCUT2D eigenvalue weighted by molar-refractivity contribution is -0.137. The summed E-state index contributed by atoms with van der Waals surface area (Å²) < 4.78 is 40.8. The number of aryl methyl sites for hydroxylation is 1. The topological polar surface area (TPSA) is 38.1 Å². The molecule has 3 rings (SSSR count). The van der Waals surface area contributed by atoms with Crippen LogP contribution in [0.15, 0.2) is 53.0 Å². The van der Waals surface area contributed by atoms with Crippen molar-refractivity contribution in [2.75, 3.05) is 11.9 Å². The SMILES string of the molecule is Cc1c(N(C)C(=O)c2ccc(C(F)(F)F)cc2)nn(C)c1-c1ccc(Br)cc1. The highest BCUT2D eigenvalue weighted by atomic mass is 79.9. The molecule has 146 valence electrons. The minimum Gasteiger partial charge on any atom is -0.294 e. The van der Waals surface area contributed by atoms with Crippen molar-refractivity contribution in [3.05, 3.63) is 69.7 Å². The number of nitrogens with zero attached hydrogens (tertiary/aromatic N) is 3. The highest BCUT2D eigenvalue weighted by Gasteiger charge is 2.30. The zero-order valence-electron chi connectivity index (χ0n) is 15.4. The lowest BCUT2D eigenvalue weighted by atomic mass is 10.1. The van der Waals surface area contributed by atoms with Gasteiger partial charge in [0.15, 0.2) is 5.82 Å². The van der Waals surface area contributed by atoms with Crippen LogP contribution in [0.3, 0.4) is 0 Å². The fraction of sp³-hybridized carbons (Fsp3) is 0.200. The molecule has 0 atom stereocenters. The Balaban J connectivity index is 1.92. The maximum Gasteiger partial charge on any atom is 0.416 e. The molecular formula is C20H17BrF3N3O. The van der Waals surface area contributed by atoms with Gasteiger partial charge in [0.05, 0.1) is 11.3 Å². The van der Waals surface area contributed by atoms with Gasteiger partial charge in [-0.2, -0.15) is 18.3 Å². The van der Waals surface area contributed by atoms with E-state index in [9.17, 15) is 18.0 Å². The standard InChI is InChI=1S/C20H17BrF3N3O/c1-12-17(13-6-10-16(21)11-7-13)27(3)25-18(12)26(2)19(28)14-4-8-15(9-5-14)20(22,23)24/h4-11H,1-3H3. The van der Waals surface area contributed by atoms with Gasteiger partial charge in [0.2, 0.25) is 0 Å². The van der Waals surface area contributed by atoms with E-state index in [1.54, 1.807) is 18.8 Å². The third-order valence-corrected chi connectivity index (χ3v) is 4.99. The van der Waals surface area contributed by atoms with Crippen molar-refractivity contribution in [3.8, 4) is 11.3 Å². The van der Waals surface area contributed by atoms with E-state index in [0.717, 1.165) is 33.4 Å². The first kappa shape index (κ1) is 20.1. The largest absolute Gasteiger partial charge is 0.416 e. The third-order valence-electron chi connectivity index (χ3n) is 4.46. The van der Waals surface area contributed by atoms with Gasteiger partial charge in [-0.1, -0.05) is 28.1 Å². The summed E-state index contributed by atoms with van der Waals surface area (Å²) in [5.41, 5.74) is 1.96. The van der Waals surface area contributed by atoms with Crippen LogP contribution < -0.4 is 4.90 Å². The summed E-state index contributed by atoms with van der Waals surface area (Å²) in [6.45, 7) is 1.86. The number of alkyl halides is 3. The molecule has 1 aromatic heterocycles. The molecule has 1 amide bonds. The van der Waals surface area contributed by atoms with Gasteiger partial charge >= 0.3 is 6.18 Å². The van der Waals surface area contributed by atoms with E-state index in [4.69, 9.17) is 0 Å². The van der Waals surface area contributed by atoms with E-state index in [1.807, 2.05) is 31.2 Å². The molecule has 0 fully saturated rings. The van der Waals surface area contributed by atoms with Crippen LogP contribution in [0.2, 0.25) is 0 Å². The number of halogens is 4. The molecule has 3 aromatic rings. The first-order valence-corrected chi connectivity index (χ1v) is 9.13. The number of anilines is 1. The van der Waals surface area contributed by atoms with Gasteiger partial charge in [-0.15, -0.1) is 0 Å². The van der Waals surface area contributed by atoms with Crippen LogP contribution in [-0.2, 0) is 13.2 Å². The molecular weight excluding hydrogens is 435 g/mol. The van der Waals surface area contributed by atoms with Crippen LogP contribution in [0.25, 0.3) is 11.3 Å². The van der Waals surface area contributed by atoms with Gasteiger partial charge in [0.25, 0.3) is 5.91 Å². The lowest BCUT2D eigenvalue weighted by Crippen LogP contribution is -2.27. The molecule has 28 heavy (non-hydrogen) atoms. The average molecular weight is 452 g/mol. The number of benzene rings is 2. The van der Waals surface area contributed by atoms with E-state index in [2.05, 4.69) is 21.0 Å². The summed E-state index contributed by atoms with van der Waals surface area (Å²) in [5, 5.41) is 4.44. The maximum atomic E-state index is 12.7. The second-order valence-electron chi connectivity index (χ2n) is 6.37. The monoisotopic (exact) mass is 451 g/mol. The molecule has 4 nitrogen and oxygen atoms in total. The summed E-state index contributed by atoms with van der Waals surface area (Å²) in [6, 6.07) is 11.9. The maximum absolute atomic E-state index is 12.7. The Morgan fingerprint density at radius 2 is 1.64 bits per heavy atom. The fourth-order valence-corrected chi connectivity index (χ4v) is 3.30. The Morgan fingerprint density at radius 1 is 1.07 bits per heavy atom. The second kappa shape index (κ2) is 7.43. The number of hydrogen-bond donors (Lipinski definition) is 0. The first-order valence-electron chi connectivity index (χ1n) is 8.34. The molecule has 0 N–H and O–H groups in total. The zero-order valence-corrected chi connectivity index (χ0v) is 17.0. The van der Waals surface area contributed by atoms with Gasteiger partial charge in [-0.3, -0.25) is 14.4 Å². The zero-order chi connectivity index (χ0) is 20.6. The van der Waals surface area contributed by atoms with Crippen molar-refractivity contribution in [1.82, 2.24) is 9.78 Å². The lowest BCUT2D eigenvalue weighted by Gasteiger charge is -2.16. The number of carbonyl (C=O) groups excluding carboxylic acids is 1. The van der Waals surface area contributed by atoms with Crippen molar-refractivity contribution in [2.45, 2.75) is 13.1 Å².